The van der Waals surface area contributed by atoms with Gasteiger partial charge in [-0.25, -0.2) is 0 Å². The molecule has 3 rings (SSSR count). The van der Waals surface area contributed by atoms with Gasteiger partial charge in [0.25, 0.3) is 0 Å². The summed E-state index contributed by atoms with van der Waals surface area (Å²) in [6.07, 6.45) is 5.37. The molecule has 4 heteroatoms. The topological polar surface area (TPSA) is 53.4 Å². The molecule has 1 aromatic carbocycles. The van der Waals surface area contributed by atoms with E-state index in [2.05, 4.69) is 16.0 Å². The largest absolute Gasteiger partial charge is 0.481 e. The minimum atomic E-state index is -0.696. The second-order valence-corrected chi connectivity index (χ2v) is 5.00. The molecule has 1 N–H and O–H groups in total. The van der Waals surface area contributed by atoms with Gasteiger partial charge in [0, 0.05) is 30.1 Å². The highest BCUT2D eigenvalue weighted by atomic mass is 16.4. The number of rotatable bonds is 2. The quantitative estimate of drug-likeness (QED) is 0.897. The number of anilines is 1. The van der Waals surface area contributed by atoms with Crippen LogP contribution in [0.5, 0.6) is 0 Å². The third kappa shape index (κ3) is 2.26. The summed E-state index contributed by atoms with van der Waals surface area (Å²) in [5.74, 6) is -0.967. The average Bonchev–Trinajstić information content (AvgIpc) is 2.47. The van der Waals surface area contributed by atoms with E-state index in [4.69, 9.17) is 0 Å². The van der Waals surface area contributed by atoms with Gasteiger partial charge in [-0.15, -0.1) is 0 Å². The monoisotopic (exact) mass is 256 g/mol. The van der Waals surface area contributed by atoms with Gasteiger partial charge in [0.15, 0.2) is 0 Å². The fourth-order valence-corrected chi connectivity index (χ4v) is 2.75. The smallest absolute Gasteiger partial charge is 0.308 e. The Balaban J connectivity index is 1.97. The zero-order valence-electron chi connectivity index (χ0n) is 10.6. The number of pyridine rings is 1. The van der Waals surface area contributed by atoms with Crippen LogP contribution in [0.15, 0.2) is 36.7 Å². The highest BCUT2D eigenvalue weighted by molar-refractivity contribution is 5.93. The molecular weight excluding hydrogens is 240 g/mol. The number of carbonyl (C=O) groups is 1. The van der Waals surface area contributed by atoms with E-state index in [0.717, 1.165) is 35.8 Å². The van der Waals surface area contributed by atoms with Crippen LogP contribution < -0.4 is 4.90 Å². The van der Waals surface area contributed by atoms with Gasteiger partial charge in [-0.2, -0.15) is 0 Å². The summed E-state index contributed by atoms with van der Waals surface area (Å²) in [4.78, 5) is 17.6. The molecule has 0 bridgehead atoms. The highest BCUT2D eigenvalue weighted by Crippen LogP contribution is 2.29. The van der Waals surface area contributed by atoms with Crippen molar-refractivity contribution in [1.29, 1.82) is 0 Å². The van der Waals surface area contributed by atoms with Gasteiger partial charge in [-0.1, -0.05) is 24.3 Å². The van der Waals surface area contributed by atoms with Crippen LogP contribution in [-0.4, -0.2) is 29.1 Å². The van der Waals surface area contributed by atoms with Crippen LogP contribution >= 0.6 is 0 Å². The van der Waals surface area contributed by atoms with Crippen LogP contribution in [0.4, 0.5) is 5.69 Å². The summed E-state index contributed by atoms with van der Waals surface area (Å²) in [6.45, 7) is 1.48. The van der Waals surface area contributed by atoms with Crippen LogP contribution in [0.3, 0.4) is 0 Å². The number of benzene rings is 1. The number of hydrogen-bond acceptors (Lipinski definition) is 3. The van der Waals surface area contributed by atoms with Crippen LogP contribution in [-0.2, 0) is 4.79 Å². The summed E-state index contributed by atoms with van der Waals surface area (Å²) >= 11 is 0. The van der Waals surface area contributed by atoms with E-state index < -0.39 is 5.97 Å². The highest BCUT2D eigenvalue weighted by Gasteiger charge is 2.26. The maximum atomic E-state index is 11.2. The van der Waals surface area contributed by atoms with Crippen molar-refractivity contribution in [1.82, 2.24) is 4.98 Å². The van der Waals surface area contributed by atoms with Crippen molar-refractivity contribution in [3.8, 4) is 0 Å². The number of carboxylic acid groups (broad SMARTS) is 1. The van der Waals surface area contributed by atoms with Crippen molar-refractivity contribution in [2.45, 2.75) is 12.8 Å². The summed E-state index contributed by atoms with van der Waals surface area (Å²) < 4.78 is 0. The van der Waals surface area contributed by atoms with Crippen molar-refractivity contribution in [2.24, 2.45) is 5.92 Å². The molecular formula is C15H16N2O2. The Labute approximate surface area is 111 Å². The Bertz CT molecular complexity index is 607. The first-order valence-corrected chi connectivity index (χ1v) is 6.56. The fourth-order valence-electron chi connectivity index (χ4n) is 2.75. The lowest BCUT2D eigenvalue weighted by Gasteiger charge is -2.33. The lowest BCUT2D eigenvalue weighted by molar-refractivity contribution is -0.141. The molecule has 0 saturated carbocycles. The first kappa shape index (κ1) is 12.0. The van der Waals surface area contributed by atoms with E-state index in [0.29, 0.717) is 6.54 Å². The normalized spacial score (nSPS) is 19.6. The Hall–Kier alpha value is -2.10. The number of hydrogen-bond donors (Lipinski definition) is 1. The Kier molecular flexibility index (Phi) is 3.07. The molecule has 0 spiro atoms. The van der Waals surface area contributed by atoms with E-state index in [9.17, 15) is 9.90 Å². The Morgan fingerprint density at radius 3 is 3.00 bits per heavy atom. The molecule has 1 saturated heterocycles. The van der Waals surface area contributed by atoms with E-state index in [1.54, 1.807) is 0 Å². The molecule has 1 aromatic heterocycles. The Morgan fingerprint density at radius 2 is 2.16 bits per heavy atom. The lowest BCUT2D eigenvalue weighted by Crippen LogP contribution is -2.38. The van der Waals surface area contributed by atoms with Gasteiger partial charge in [-0.3, -0.25) is 9.78 Å². The standard InChI is InChI=1S/C15H16N2O2/c18-15(19)12-5-3-7-17(10-12)14-9-16-8-11-4-1-2-6-13(11)14/h1-2,4,6,8-9,12H,3,5,7,10H2,(H,18,19)/t12-/m0/s1. The van der Waals surface area contributed by atoms with Crippen LogP contribution in [0.2, 0.25) is 0 Å². The maximum absolute atomic E-state index is 11.2. The molecule has 0 aliphatic carbocycles. The number of piperidine rings is 1. The number of nitrogens with zero attached hydrogens (tertiary/aromatic N) is 2. The first-order valence-electron chi connectivity index (χ1n) is 6.56. The van der Waals surface area contributed by atoms with Gasteiger partial charge in [0.2, 0.25) is 0 Å². The molecule has 1 aliphatic heterocycles. The summed E-state index contributed by atoms with van der Waals surface area (Å²) in [5.41, 5.74) is 1.05. The third-order valence-corrected chi connectivity index (χ3v) is 3.76. The zero-order valence-corrected chi connectivity index (χ0v) is 10.6. The van der Waals surface area contributed by atoms with Crippen molar-refractivity contribution in [3.63, 3.8) is 0 Å². The number of aromatic nitrogens is 1. The third-order valence-electron chi connectivity index (χ3n) is 3.76. The molecule has 0 amide bonds. The SMILES string of the molecule is O=C(O)[C@H]1CCCN(c2cncc3ccccc23)C1. The van der Waals surface area contributed by atoms with Gasteiger partial charge < -0.3 is 10.0 Å². The van der Waals surface area contributed by atoms with Crippen molar-refractivity contribution in [2.75, 3.05) is 18.0 Å². The van der Waals surface area contributed by atoms with Gasteiger partial charge in [-0.05, 0) is 12.8 Å². The molecule has 1 aliphatic rings. The first-order chi connectivity index (χ1) is 9.25. The lowest BCUT2D eigenvalue weighted by atomic mass is 9.97. The van der Waals surface area contributed by atoms with Crippen LogP contribution in [0.25, 0.3) is 10.8 Å². The summed E-state index contributed by atoms with van der Waals surface area (Å²) in [7, 11) is 0. The zero-order chi connectivity index (χ0) is 13.2. The number of aliphatic carboxylic acids is 1. The predicted molar refractivity (Wildman–Crippen MR) is 74.3 cm³/mol. The van der Waals surface area contributed by atoms with Gasteiger partial charge in [0.05, 0.1) is 17.8 Å². The molecule has 4 nitrogen and oxygen atoms in total. The molecule has 1 fully saturated rings. The molecule has 0 unspecified atom stereocenters. The van der Waals surface area contributed by atoms with Crippen LogP contribution in [0.1, 0.15) is 12.8 Å². The van der Waals surface area contributed by atoms with E-state index >= 15 is 0 Å². The van der Waals surface area contributed by atoms with Gasteiger partial charge in [0.1, 0.15) is 0 Å². The maximum Gasteiger partial charge on any atom is 0.308 e. The molecule has 19 heavy (non-hydrogen) atoms. The van der Waals surface area contributed by atoms with Gasteiger partial charge >= 0.3 is 5.97 Å². The molecule has 2 heterocycles. The summed E-state index contributed by atoms with van der Waals surface area (Å²) in [6, 6.07) is 8.09. The fraction of sp³-hybridized carbons (Fsp3) is 0.333. The molecule has 0 radical (unpaired) electrons. The average molecular weight is 256 g/mol. The minimum absolute atomic E-state index is 0.271. The second kappa shape index (κ2) is 4.88. The van der Waals surface area contributed by atoms with E-state index in [1.165, 1.54) is 0 Å². The van der Waals surface area contributed by atoms with E-state index in [-0.39, 0.29) is 5.92 Å². The summed E-state index contributed by atoms with van der Waals surface area (Å²) in [5, 5.41) is 11.4. The molecule has 98 valence electrons. The van der Waals surface area contributed by atoms with E-state index in [1.807, 2.05) is 30.6 Å². The predicted octanol–water partition coefficient (Wildman–Crippen LogP) is 2.54. The minimum Gasteiger partial charge on any atom is -0.481 e. The van der Waals surface area contributed by atoms with Crippen molar-refractivity contribution >= 4 is 22.4 Å². The molecule has 2 aromatic rings. The Morgan fingerprint density at radius 1 is 1.32 bits per heavy atom. The van der Waals surface area contributed by atoms with Crippen molar-refractivity contribution in [3.05, 3.63) is 36.7 Å². The van der Waals surface area contributed by atoms with Crippen LogP contribution in [0, 0.1) is 5.92 Å². The van der Waals surface area contributed by atoms with Crippen molar-refractivity contribution < 1.29 is 9.90 Å². The number of carboxylic acids is 1. The second-order valence-electron chi connectivity index (χ2n) is 5.00. The number of fused-ring (bicyclic) bond motifs is 1. The molecule has 1 atom stereocenters.